The topological polar surface area (TPSA) is 64.6 Å². The van der Waals surface area contributed by atoms with Gasteiger partial charge in [-0.25, -0.2) is 9.59 Å². The van der Waals surface area contributed by atoms with Crippen molar-refractivity contribution in [1.82, 2.24) is 5.32 Å². The number of benzene rings is 2. The molecule has 3 aliphatic rings. The van der Waals surface area contributed by atoms with Crippen LogP contribution in [0.25, 0.3) is 0 Å². The lowest BCUT2D eigenvalue weighted by Crippen LogP contribution is -2.54. The number of esters is 2. The fraction of sp³-hybridized carbons (Fsp3) is 0.462. The Balaban J connectivity index is 1.43. The van der Waals surface area contributed by atoms with E-state index in [0.29, 0.717) is 34.8 Å². The summed E-state index contributed by atoms with van der Waals surface area (Å²) >= 11 is 0. The molecule has 2 saturated heterocycles. The molecular formula is C26H29NO4. The van der Waals surface area contributed by atoms with Gasteiger partial charge in [0.05, 0.1) is 23.2 Å². The van der Waals surface area contributed by atoms with Gasteiger partial charge in [0.2, 0.25) is 0 Å². The number of carbonyl (C=O) groups is 2. The molecule has 5 rings (SSSR count). The van der Waals surface area contributed by atoms with Gasteiger partial charge in [-0.1, -0.05) is 63.1 Å². The van der Waals surface area contributed by atoms with E-state index in [4.69, 9.17) is 9.47 Å². The average molecular weight is 420 g/mol. The molecule has 0 radical (unpaired) electrons. The van der Waals surface area contributed by atoms with E-state index in [0.717, 1.165) is 0 Å². The van der Waals surface area contributed by atoms with Crippen LogP contribution >= 0.6 is 0 Å². The molecule has 2 bridgehead atoms. The van der Waals surface area contributed by atoms with Gasteiger partial charge in [-0.3, -0.25) is 0 Å². The van der Waals surface area contributed by atoms with Crippen LogP contribution in [0.3, 0.4) is 0 Å². The summed E-state index contributed by atoms with van der Waals surface area (Å²) in [5, 5.41) is 3.69. The summed E-state index contributed by atoms with van der Waals surface area (Å²) in [5.74, 6) is 1.21. The van der Waals surface area contributed by atoms with Gasteiger partial charge in [0.15, 0.2) is 12.2 Å². The van der Waals surface area contributed by atoms with E-state index in [9.17, 15) is 9.59 Å². The Morgan fingerprint density at radius 2 is 1.10 bits per heavy atom. The van der Waals surface area contributed by atoms with Gasteiger partial charge in [0.25, 0.3) is 0 Å². The highest BCUT2D eigenvalue weighted by atomic mass is 16.6. The lowest BCUT2D eigenvalue weighted by atomic mass is 9.61. The van der Waals surface area contributed by atoms with Crippen molar-refractivity contribution in [3.63, 3.8) is 0 Å². The first-order chi connectivity index (χ1) is 15.0. The van der Waals surface area contributed by atoms with E-state index in [1.165, 1.54) is 12.8 Å². The maximum Gasteiger partial charge on any atom is 0.338 e. The van der Waals surface area contributed by atoms with E-state index in [1.54, 1.807) is 24.3 Å². The van der Waals surface area contributed by atoms with Gasteiger partial charge in [-0.05, 0) is 47.9 Å². The molecule has 1 saturated carbocycles. The Morgan fingerprint density at radius 1 is 0.710 bits per heavy atom. The van der Waals surface area contributed by atoms with Crippen molar-refractivity contribution in [2.45, 2.75) is 51.0 Å². The Bertz CT molecular complexity index is 869. The number of hydrogen-bond acceptors (Lipinski definition) is 5. The van der Waals surface area contributed by atoms with Crippen LogP contribution < -0.4 is 5.32 Å². The molecule has 2 aliphatic heterocycles. The van der Waals surface area contributed by atoms with Crippen LogP contribution in [0.15, 0.2) is 60.7 Å². The van der Waals surface area contributed by atoms with Crippen molar-refractivity contribution in [3.05, 3.63) is 71.8 Å². The van der Waals surface area contributed by atoms with Gasteiger partial charge in [-0.15, -0.1) is 0 Å². The van der Waals surface area contributed by atoms with Gasteiger partial charge in [0.1, 0.15) is 0 Å². The van der Waals surface area contributed by atoms with Crippen molar-refractivity contribution in [3.8, 4) is 0 Å². The van der Waals surface area contributed by atoms with Crippen LogP contribution in [0.4, 0.5) is 0 Å². The SMILES string of the molecule is CC1CCC(C)C2C3NC(C(OC(=O)c4ccccc4)C3OC(=O)c3ccccc3)C12. The van der Waals surface area contributed by atoms with E-state index < -0.39 is 12.2 Å². The van der Waals surface area contributed by atoms with Gasteiger partial charge >= 0.3 is 11.9 Å². The zero-order chi connectivity index (χ0) is 21.5. The van der Waals surface area contributed by atoms with Crippen LogP contribution in [0, 0.1) is 23.7 Å². The lowest BCUT2D eigenvalue weighted by molar-refractivity contribution is -0.0768. The molecule has 0 aromatic heterocycles. The third kappa shape index (κ3) is 3.55. The third-order valence-corrected chi connectivity index (χ3v) is 7.59. The Labute approximate surface area is 183 Å². The van der Waals surface area contributed by atoms with Crippen molar-refractivity contribution < 1.29 is 19.1 Å². The van der Waals surface area contributed by atoms with E-state index in [2.05, 4.69) is 19.2 Å². The average Bonchev–Trinajstić information content (AvgIpc) is 3.35. The lowest BCUT2D eigenvalue weighted by Gasteiger charge is -2.46. The molecule has 8 atom stereocenters. The minimum absolute atomic E-state index is 0.00832. The van der Waals surface area contributed by atoms with Crippen LogP contribution in [0.1, 0.15) is 47.4 Å². The molecule has 162 valence electrons. The van der Waals surface area contributed by atoms with Gasteiger partial charge < -0.3 is 14.8 Å². The van der Waals surface area contributed by atoms with Crippen LogP contribution in [0.5, 0.6) is 0 Å². The molecule has 5 heteroatoms. The molecule has 1 N–H and O–H groups in total. The Hall–Kier alpha value is -2.66. The van der Waals surface area contributed by atoms with Crippen molar-refractivity contribution >= 4 is 11.9 Å². The fourth-order valence-corrected chi connectivity index (χ4v) is 6.15. The predicted octanol–water partition coefficient (Wildman–Crippen LogP) is 4.09. The molecule has 2 aromatic rings. The first-order valence-corrected chi connectivity index (χ1v) is 11.3. The van der Waals surface area contributed by atoms with E-state index >= 15 is 0 Å². The number of nitrogens with one attached hydrogen (secondary N) is 1. The summed E-state index contributed by atoms with van der Waals surface area (Å²) in [5.41, 5.74) is 1.03. The highest BCUT2D eigenvalue weighted by Gasteiger charge is 2.64. The highest BCUT2D eigenvalue weighted by molar-refractivity contribution is 5.90. The molecule has 8 unspecified atom stereocenters. The molecule has 2 aromatic carbocycles. The number of fused-ring (bicyclic) bond motifs is 5. The fourth-order valence-electron chi connectivity index (χ4n) is 6.15. The van der Waals surface area contributed by atoms with Crippen LogP contribution in [0.2, 0.25) is 0 Å². The Morgan fingerprint density at radius 3 is 1.48 bits per heavy atom. The van der Waals surface area contributed by atoms with Crippen LogP contribution in [-0.2, 0) is 9.47 Å². The van der Waals surface area contributed by atoms with Crippen molar-refractivity contribution in [2.75, 3.05) is 0 Å². The molecule has 5 nitrogen and oxygen atoms in total. The molecule has 31 heavy (non-hydrogen) atoms. The summed E-state index contributed by atoms with van der Waals surface area (Å²) in [6.07, 6.45) is 1.39. The second-order valence-electron chi connectivity index (χ2n) is 9.38. The maximum absolute atomic E-state index is 12.9. The monoisotopic (exact) mass is 419 g/mol. The highest BCUT2D eigenvalue weighted by Crippen LogP contribution is 2.52. The minimum atomic E-state index is -0.487. The molecule has 0 amide bonds. The van der Waals surface area contributed by atoms with Crippen molar-refractivity contribution in [1.29, 1.82) is 0 Å². The zero-order valence-corrected chi connectivity index (χ0v) is 17.9. The standard InChI is InChI=1S/C26H29NO4/c1-15-13-14-16(2)20-19(15)21-23(30-25(28)17-9-5-3-6-10-17)24(22(20)27-21)31-26(29)18-11-7-4-8-12-18/h3-12,15-16,19-24,27H,13-14H2,1-2H3. The number of carbonyl (C=O) groups excluding carboxylic acids is 2. The molecule has 0 spiro atoms. The number of ether oxygens (including phenoxy) is 2. The summed E-state index contributed by atoms with van der Waals surface area (Å²) in [6, 6.07) is 18.1. The van der Waals surface area contributed by atoms with Crippen molar-refractivity contribution in [2.24, 2.45) is 23.7 Å². The first kappa shape index (κ1) is 20.3. The normalized spacial score (nSPS) is 35.9. The Kier molecular flexibility index (Phi) is 5.30. The zero-order valence-electron chi connectivity index (χ0n) is 17.9. The van der Waals surface area contributed by atoms with E-state index in [-0.39, 0.29) is 24.0 Å². The summed E-state index contributed by atoms with van der Waals surface area (Å²) in [7, 11) is 0. The second-order valence-corrected chi connectivity index (χ2v) is 9.38. The largest absolute Gasteiger partial charge is 0.453 e. The summed E-state index contributed by atoms with van der Waals surface area (Å²) in [6.45, 7) is 4.60. The number of hydrogen-bond donors (Lipinski definition) is 1. The maximum atomic E-state index is 12.9. The molecule has 2 heterocycles. The minimum Gasteiger partial charge on any atom is -0.453 e. The second kappa shape index (κ2) is 8.12. The summed E-state index contributed by atoms with van der Waals surface area (Å²) < 4.78 is 12.1. The third-order valence-electron chi connectivity index (χ3n) is 7.59. The molecule has 3 fully saturated rings. The molecular weight excluding hydrogens is 390 g/mol. The van der Waals surface area contributed by atoms with Crippen LogP contribution in [-0.4, -0.2) is 36.2 Å². The van der Waals surface area contributed by atoms with E-state index in [1.807, 2.05) is 36.4 Å². The van der Waals surface area contributed by atoms with Gasteiger partial charge in [-0.2, -0.15) is 0 Å². The smallest absolute Gasteiger partial charge is 0.338 e. The quantitative estimate of drug-likeness (QED) is 0.757. The predicted molar refractivity (Wildman–Crippen MR) is 117 cm³/mol. The summed E-state index contributed by atoms with van der Waals surface area (Å²) in [4.78, 5) is 25.8. The first-order valence-electron chi connectivity index (χ1n) is 11.3. The number of rotatable bonds is 4. The van der Waals surface area contributed by atoms with Gasteiger partial charge in [0, 0.05) is 0 Å². The molecule has 1 aliphatic carbocycles.